The molecule has 82 valence electrons. The predicted octanol–water partition coefficient (Wildman–Crippen LogP) is 2.27. The van der Waals surface area contributed by atoms with Crippen LogP contribution in [0.1, 0.15) is 24.5 Å². The van der Waals surface area contributed by atoms with E-state index in [0.717, 1.165) is 12.1 Å². The van der Waals surface area contributed by atoms with Crippen molar-refractivity contribution >= 4 is 0 Å². The second-order valence-corrected chi connectivity index (χ2v) is 3.96. The Morgan fingerprint density at radius 1 is 1.40 bits per heavy atom. The number of nitrogens with one attached hydrogen (secondary N) is 1. The van der Waals surface area contributed by atoms with Crippen molar-refractivity contribution in [2.24, 2.45) is 0 Å². The third-order valence-electron chi connectivity index (χ3n) is 2.70. The number of halogens is 1. The minimum Gasteiger partial charge on any atom is -0.375 e. The van der Waals surface area contributed by atoms with E-state index >= 15 is 0 Å². The van der Waals surface area contributed by atoms with E-state index in [0.29, 0.717) is 6.04 Å². The molecule has 0 aliphatic heterocycles. The van der Waals surface area contributed by atoms with Gasteiger partial charge in [0, 0.05) is 19.7 Å². The highest BCUT2D eigenvalue weighted by Gasteiger charge is 2.22. The summed E-state index contributed by atoms with van der Waals surface area (Å²) in [5.74, 6) is -0.205. The van der Waals surface area contributed by atoms with Crippen molar-refractivity contribution in [3.63, 3.8) is 0 Å². The summed E-state index contributed by atoms with van der Waals surface area (Å²) < 4.78 is 18.1. The van der Waals surface area contributed by atoms with Gasteiger partial charge in [-0.25, -0.2) is 4.39 Å². The second-order valence-electron chi connectivity index (χ2n) is 3.96. The van der Waals surface area contributed by atoms with Gasteiger partial charge in [-0.1, -0.05) is 12.1 Å². The van der Waals surface area contributed by atoms with Crippen LogP contribution in [-0.4, -0.2) is 19.7 Å². The van der Waals surface area contributed by atoms with Crippen molar-refractivity contribution in [3.8, 4) is 0 Å². The maximum Gasteiger partial charge on any atom is 0.123 e. The van der Waals surface area contributed by atoms with Crippen LogP contribution >= 0.6 is 0 Å². The van der Waals surface area contributed by atoms with Crippen LogP contribution in [0.15, 0.2) is 24.3 Å². The molecule has 1 N–H and O–H groups in total. The maximum absolute atomic E-state index is 12.7. The Morgan fingerprint density at radius 3 is 2.60 bits per heavy atom. The van der Waals surface area contributed by atoms with E-state index in [1.54, 1.807) is 19.2 Å². The predicted molar refractivity (Wildman–Crippen MR) is 57.2 cm³/mol. The fraction of sp³-hybridized carbons (Fsp3) is 0.500. The van der Waals surface area contributed by atoms with Gasteiger partial charge in [0.25, 0.3) is 0 Å². The zero-order chi connectivity index (χ0) is 10.7. The average Bonchev–Trinajstić information content (AvgIpc) is 3.05. The van der Waals surface area contributed by atoms with Crippen molar-refractivity contribution in [2.45, 2.75) is 25.0 Å². The van der Waals surface area contributed by atoms with Gasteiger partial charge >= 0.3 is 0 Å². The Balaban J connectivity index is 1.94. The number of benzene rings is 1. The van der Waals surface area contributed by atoms with Gasteiger partial charge in [-0.3, -0.25) is 0 Å². The summed E-state index contributed by atoms with van der Waals surface area (Å²) in [4.78, 5) is 0. The highest BCUT2D eigenvalue weighted by Crippen LogP contribution is 2.21. The first kappa shape index (κ1) is 10.6. The summed E-state index contributed by atoms with van der Waals surface area (Å²) in [6.45, 7) is 0.798. The van der Waals surface area contributed by atoms with E-state index < -0.39 is 0 Å². The molecule has 1 fully saturated rings. The Labute approximate surface area is 89.4 Å². The van der Waals surface area contributed by atoms with Crippen LogP contribution in [0.25, 0.3) is 0 Å². The third kappa shape index (κ3) is 3.01. The van der Waals surface area contributed by atoms with Crippen LogP contribution in [0.5, 0.6) is 0 Å². The largest absolute Gasteiger partial charge is 0.375 e. The molecule has 0 saturated heterocycles. The molecule has 2 rings (SSSR count). The van der Waals surface area contributed by atoms with Crippen LogP contribution in [-0.2, 0) is 4.74 Å². The van der Waals surface area contributed by atoms with Crippen molar-refractivity contribution in [2.75, 3.05) is 13.7 Å². The lowest BCUT2D eigenvalue weighted by Crippen LogP contribution is -2.24. The van der Waals surface area contributed by atoms with Crippen molar-refractivity contribution < 1.29 is 9.13 Å². The highest BCUT2D eigenvalue weighted by atomic mass is 19.1. The van der Waals surface area contributed by atoms with Crippen LogP contribution in [0.4, 0.5) is 4.39 Å². The fourth-order valence-corrected chi connectivity index (χ4v) is 1.58. The molecule has 1 aliphatic rings. The molecule has 2 nitrogen and oxygen atoms in total. The van der Waals surface area contributed by atoms with Gasteiger partial charge in [-0.05, 0) is 30.5 Å². The number of hydrogen-bond acceptors (Lipinski definition) is 2. The Morgan fingerprint density at radius 2 is 2.07 bits per heavy atom. The van der Waals surface area contributed by atoms with E-state index in [9.17, 15) is 4.39 Å². The zero-order valence-electron chi connectivity index (χ0n) is 8.87. The topological polar surface area (TPSA) is 21.3 Å². The molecule has 1 saturated carbocycles. The monoisotopic (exact) mass is 209 g/mol. The molecule has 1 aromatic carbocycles. The van der Waals surface area contributed by atoms with Gasteiger partial charge < -0.3 is 10.1 Å². The summed E-state index contributed by atoms with van der Waals surface area (Å²) in [6, 6.07) is 7.16. The van der Waals surface area contributed by atoms with Gasteiger partial charge in [-0.15, -0.1) is 0 Å². The Kier molecular flexibility index (Phi) is 3.34. The summed E-state index contributed by atoms with van der Waals surface area (Å²) >= 11 is 0. The van der Waals surface area contributed by atoms with Crippen LogP contribution in [0.2, 0.25) is 0 Å². The molecule has 0 aromatic heterocycles. The van der Waals surface area contributed by atoms with Crippen LogP contribution in [0, 0.1) is 5.82 Å². The Hall–Kier alpha value is -0.930. The minimum absolute atomic E-state index is 0.0196. The van der Waals surface area contributed by atoms with Crippen LogP contribution in [0.3, 0.4) is 0 Å². The first-order chi connectivity index (χ1) is 7.29. The molecule has 1 atom stereocenters. The Bertz CT molecular complexity index is 308. The lowest BCUT2D eigenvalue weighted by molar-refractivity contribution is 0.102. The van der Waals surface area contributed by atoms with E-state index in [1.165, 1.54) is 25.0 Å². The molecule has 1 unspecified atom stereocenters. The fourth-order valence-electron chi connectivity index (χ4n) is 1.58. The second kappa shape index (κ2) is 4.73. The molecule has 0 amide bonds. The summed E-state index contributed by atoms with van der Waals surface area (Å²) in [6.07, 6.45) is 2.55. The van der Waals surface area contributed by atoms with Crippen molar-refractivity contribution in [1.82, 2.24) is 5.32 Å². The van der Waals surface area contributed by atoms with E-state index in [-0.39, 0.29) is 11.9 Å². The molecule has 1 aromatic rings. The van der Waals surface area contributed by atoms with Gasteiger partial charge in [0.15, 0.2) is 0 Å². The molecule has 3 heteroatoms. The van der Waals surface area contributed by atoms with Gasteiger partial charge in [-0.2, -0.15) is 0 Å². The maximum atomic E-state index is 12.7. The van der Waals surface area contributed by atoms with Crippen LogP contribution < -0.4 is 5.32 Å². The van der Waals surface area contributed by atoms with Gasteiger partial charge in [0.2, 0.25) is 0 Å². The summed E-state index contributed by atoms with van der Waals surface area (Å²) in [5.41, 5.74) is 1.02. The zero-order valence-corrected chi connectivity index (χ0v) is 8.87. The smallest absolute Gasteiger partial charge is 0.123 e. The van der Waals surface area contributed by atoms with Gasteiger partial charge in [0.05, 0.1) is 6.10 Å². The number of rotatable bonds is 5. The molecule has 1 aliphatic carbocycles. The molecule has 0 heterocycles. The summed E-state index contributed by atoms with van der Waals surface area (Å²) in [7, 11) is 1.68. The first-order valence-corrected chi connectivity index (χ1v) is 5.31. The molecular weight excluding hydrogens is 193 g/mol. The standard InChI is InChI=1S/C12H16FNO/c1-15-12(8-14-11-6-7-11)9-2-4-10(13)5-3-9/h2-5,11-12,14H,6-8H2,1H3. The normalized spacial score (nSPS) is 17.7. The molecule has 0 radical (unpaired) electrons. The van der Waals surface area contributed by atoms with Crippen molar-refractivity contribution in [3.05, 3.63) is 35.6 Å². The third-order valence-corrected chi connectivity index (χ3v) is 2.70. The molecule has 0 spiro atoms. The SMILES string of the molecule is COC(CNC1CC1)c1ccc(F)cc1. The minimum atomic E-state index is -0.205. The number of ether oxygens (including phenoxy) is 1. The van der Waals surface area contributed by atoms with E-state index in [2.05, 4.69) is 5.32 Å². The molecular formula is C12H16FNO. The number of hydrogen-bond donors (Lipinski definition) is 1. The van der Waals surface area contributed by atoms with Crippen molar-refractivity contribution in [1.29, 1.82) is 0 Å². The number of methoxy groups -OCH3 is 1. The van der Waals surface area contributed by atoms with Gasteiger partial charge in [0.1, 0.15) is 5.82 Å². The molecule has 0 bridgehead atoms. The first-order valence-electron chi connectivity index (χ1n) is 5.31. The van der Waals surface area contributed by atoms with E-state index in [1.807, 2.05) is 0 Å². The molecule has 15 heavy (non-hydrogen) atoms. The lowest BCUT2D eigenvalue weighted by Gasteiger charge is -2.16. The van der Waals surface area contributed by atoms with E-state index in [4.69, 9.17) is 4.74 Å². The lowest BCUT2D eigenvalue weighted by atomic mass is 10.1. The summed E-state index contributed by atoms with van der Waals surface area (Å²) in [5, 5.41) is 3.40. The quantitative estimate of drug-likeness (QED) is 0.803. The highest BCUT2D eigenvalue weighted by molar-refractivity contribution is 5.19. The average molecular weight is 209 g/mol.